The highest BCUT2D eigenvalue weighted by atomic mass is 35.5. The minimum atomic E-state index is -0.401. The highest BCUT2D eigenvalue weighted by molar-refractivity contribution is 6.36. The lowest BCUT2D eigenvalue weighted by Gasteiger charge is -2.31. The first-order valence-corrected chi connectivity index (χ1v) is 9.56. The van der Waals surface area contributed by atoms with Crippen molar-refractivity contribution < 1.29 is 9.90 Å². The van der Waals surface area contributed by atoms with Gasteiger partial charge in [-0.25, -0.2) is 0 Å². The molecule has 1 aliphatic carbocycles. The van der Waals surface area contributed by atoms with Gasteiger partial charge in [-0.1, -0.05) is 62.2 Å². The van der Waals surface area contributed by atoms with Gasteiger partial charge >= 0.3 is 0 Å². The van der Waals surface area contributed by atoms with Crippen molar-refractivity contribution in [2.75, 3.05) is 0 Å². The van der Waals surface area contributed by atoms with Crippen molar-refractivity contribution in [1.82, 2.24) is 0 Å². The average Bonchev–Trinajstić information content (AvgIpc) is 2.59. The van der Waals surface area contributed by atoms with Gasteiger partial charge in [-0.15, -0.1) is 0 Å². The Morgan fingerprint density at radius 2 is 1.81 bits per heavy atom. The molecule has 0 amide bonds. The second-order valence-electron chi connectivity index (χ2n) is 7.38. The van der Waals surface area contributed by atoms with Crippen LogP contribution in [0.1, 0.15) is 44.7 Å². The Morgan fingerprint density at radius 1 is 1.08 bits per heavy atom. The van der Waals surface area contributed by atoms with Crippen LogP contribution in [0.5, 0.6) is 0 Å². The Kier molecular flexibility index (Phi) is 5.18. The van der Waals surface area contributed by atoms with Gasteiger partial charge in [0.25, 0.3) is 0 Å². The summed E-state index contributed by atoms with van der Waals surface area (Å²) in [6.07, 6.45) is 1.88. The first kappa shape index (κ1) is 19.0. The summed E-state index contributed by atoms with van der Waals surface area (Å²) in [6, 6.07) is 11.3. The Labute approximate surface area is 164 Å². The molecular formula is C22H22Cl2O2. The van der Waals surface area contributed by atoms with Crippen molar-refractivity contribution in [3.63, 3.8) is 0 Å². The summed E-state index contributed by atoms with van der Waals surface area (Å²) in [5, 5.41) is 11.9. The van der Waals surface area contributed by atoms with Crippen molar-refractivity contribution >= 4 is 34.6 Å². The lowest BCUT2D eigenvalue weighted by atomic mass is 9.74. The van der Waals surface area contributed by atoms with E-state index in [2.05, 4.69) is 0 Å². The van der Waals surface area contributed by atoms with Crippen LogP contribution >= 0.6 is 23.2 Å². The van der Waals surface area contributed by atoms with E-state index in [1.165, 1.54) is 0 Å². The van der Waals surface area contributed by atoms with E-state index in [1.54, 1.807) is 12.1 Å². The van der Waals surface area contributed by atoms with Crippen LogP contribution in [0.2, 0.25) is 10.0 Å². The number of aryl methyl sites for hydroxylation is 1. The monoisotopic (exact) mass is 388 g/mol. The molecule has 0 aliphatic heterocycles. The Balaban J connectivity index is 2.22. The highest BCUT2D eigenvalue weighted by Crippen LogP contribution is 2.42. The highest BCUT2D eigenvalue weighted by Gasteiger charge is 2.35. The molecule has 2 aromatic rings. The molecule has 2 nitrogen and oxygen atoms in total. The van der Waals surface area contributed by atoms with Gasteiger partial charge in [0.2, 0.25) is 0 Å². The van der Waals surface area contributed by atoms with Gasteiger partial charge in [0.05, 0.1) is 5.57 Å². The van der Waals surface area contributed by atoms with Crippen LogP contribution in [0.4, 0.5) is 0 Å². The fraction of sp³-hybridized carbons (Fsp3) is 0.318. The third-order valence-corrected chi connectivity index (χ3v) is 5.68. The zero-order chi connectivity index (χ0) is 19.1. The van der Waals surface area contributed by atoms with Crippen LogP contribution in [0, 0.1) is 5.41 Å². The lowest BCUT2D eigenvalue weighted by molar-refractivity contribution is -0.115. The molecule has 0 heterocycles. The standard InChI is InChI=1S/C22H22Cl2O2/c1-4-13-5-6-14(16-8-7-15(23)12-18(16)24)11-17(13)20-19(25)9-10-22(2,3)21(20)26/h5-8,11-12,26H,4,9-10H2,1-3H3. The summed E-state index contributed by atoms with van der Waals surface area (Å²) >= 11 is 12.4. The third kappa shape index (κ3) is 3.41. The smallest absolute Gasteiger partial charge is 0.166 e. The molecule has 136 valence electrons. The number of rotatable bonds is 3. The van der Waals surface area contributed by atoms with Crippen LogP contribution in [0.3, 0.4) is 0 Å². The van der Waals surface area contributed by atoms with E-state index in [1.807, 2.05) is 45.0 Å². The first-order chi connectivity index (χ1) is 12.2. The van der Waals surface area contributed by atoms with E-state index in [0.717, 1.165) is 28.7 Å². The van der Waals surface area contributed by atoms with Gasteiger partial charge in [0, 0.05) is 27.4 Å². The molecule has 0 radical (unpaired) electrons. The summed E-state index contributed by atoms with van der Waals surface area (Å²) in [5.74, 6) is 0.179. The number of carbonyl (C=O) groups excluding carboxylic acids is 1. The Hall–Kier alpha value is -1.77. The molecule has 26 heavy (non-hydrogen) atoms. The van der Waals surface area contributed by atoms with E-state index in [0.29, 0.717) is 28.5 Å². The molecule has 1 N–H and O–H groups in total. The Morgan fingerprint density at radius 3 is 2.46 bits per heavy atom. The fourth-order valence-electron chi connectivity index (χ4n) is 3.43. The zero-order valence-corrected chi connectivity index (χ0v) is 16.7. The minimum Gasteiger partial charge on any atom is -0.511 e. The molecule has 1 aliphatic rings. The summed E-state index contributed by atoms with van der Waals surface area (Å²) < 4.78 is 0. The lowest BCUT2D eigenvalue weighted by Crippen LogP contribution is -2.25. The molecule has 3 rings (SSSR count). The SMILES string of the molecule is CCc1ccc(-c2ccc(Cl)cc2Cl)cc1C1=C(O)C(C)(C)CCC1=O. The van der Waals surface area contributed by atoms with Gasteiger partial charge in [0.15, 0.2) is 5.78 Å². The fourth-order valence-corrected chi connectivity index (χ4v) is 3.94. The maximum atomic E-state index is 12.7. The molecular weight excluding hydrogens is 367 g/mol. The summed E-state index contributed by atoms with van der Waals surface area (Å²) in [6.45, 7) is 5.99. The first-order valence-electron chi connectivity index (χ1n) is 8.80. The molecule has 0 spiro atoms. The van der Waals surface area contributed by atoms with Crippen LogP contribution in [-0.4, -0.2) is 10.9 Å². The molecule has 0 saturated carbocycles. The number of ketones is 1. The zero-order valence-electron chi connectivity index (χ0n) is 15.2. The number of benzene rings is 2. The third-order valence-electron chi connectivity index (χ3n) is 5.14. The predicted octanol–water partition coefficient (Wildman–Crippen LogP) is 6.88. The summed E-state index contributed by atoms with van der Waals surface area (Å²) in [5.41, 5.74) is 3.63. The number of aliphatic hydroxyl groups excluding tert-OH is 1. The normalized spacial score (nSPS) is 16.9. The summed E-state index contributed by atoms with van der Waals surface area (Å²) in [7, 11) is 0. The number of Topliss-reactive ketones (excluding diaryl/α,β-unsaturated/α-hetero) is 1. The van der Waals surface area contributed by atoms with Gasteiger partial charge in [-0.05, 0) is 47.7 Å². The largest absolute Gasteiger partial charge is 0.511 e. The maximum Gasteiger partial charge on any atom is 0.166 e. The number of carbonyl (C=O) groups is 1. The summed E-state index contributed by atoms with van der Waals surface area (Å²) in [4.78, 5) is 12.7. The molecule has 4 heteroatoms. The molecule has 0 aromatic heterocycles. The number of halogens is 2. The predicted molar refractivity (Wildman–Crippen MR) is 109 cm³/mol. The number of aliphatic hydroxyl groups is 1. The molecule has 2 aromatic carbocycles. The average molecular weight is 389 g/mol. The van der Waals surface area contributed by atoms with E-state index < -0.39 is 5.41 Å². The van der Waals surface area contributed by atoms with Gasteiger partial charge in [0.1, 0.15) is 5.76 Å². The van der Waals surface area contributed by atoms with Crippen LogP contribution in [0.25, 0.3) is 16.7 Å². The quantitative estimate of drug-likeness (QED) is 0.621. The number of hydrogen-bond donors (Lipinski definition) is 1. The van der Waals surface area contributed by atoms with Crippen LogP contribution < -0.4 is 0 Å². The second kappa shape index (κ2) is 7.09. The van der Waals surface area contributed by atoms with E-state index in [4.69, 9.17) is 23.2 Å². The van der Waals surface area contributed by atoms with Crippen molar-refractivity contribution in [2.45, 2.75) is 40.0 Å². The van der Waals surface area contributed by atoms with Crippen molar-refractivity contribution in [2.24, 2.45) is 5.41 Å². The van der Waals surface area contributed by atoms with Crippen molar-refractivity contribution in [1.29, 1.82) is 0 Å². The molecule has 0 atom stereocenters. The van der Waals surface area contributed by atoms with Crippen molar-refractivity contribution in [3.8, 4) is 11.1 Å². The number of allylic oxidation sites excluding steroid dienone is 2. The number of hydrogen-bond acceptors (Lipinski definition) is 2. The van der Waals surface area contributed by atoms with Gasteiger partial charge in [-0.2, -0.15) is 0 Å². The van der Waals surface area contributed by atoms with Crippen LogP contribution in [-0.2, 0) is 11.2 Å². The molecule has 0 saturated heterocycles. The molecule has 0 fully saturated rings. The molecule has 0 unspecified atom stereocenters. The van der Waals surface area contributed by atoms with E-state index >= 15 is 0 Å². The van der Waals surface area contributed by atoms with E-state index in [9.17, 15) is 9.90 Å². The van der Waals surface area contributed by atoms with Crippen LogP contribution in [0.15, 0.2) is 42.2 Å². The Bertz CT molecular complexity index is 910. The topological polar surface area (TPSA) is 37.3 Å². The van der Waals surface area contributed by atoms with Crippen molar-refractivity contribution in [3.05, 3.63) is 63.3 Å². The minimum absolute atomic E-state index is 0.00382. The second-order valence-corrected chi connectivity index (χ2v) is 8.22. The van der Waals surface area contributed by atoms with Gasteiger partial charge < -0.3 is 5.11 Å². The van der Waals surface area contributed by atoms with E-state index in [-0.39, 0.29) is 11.5 Å². The molecule has 0 bridgehead atoms. The maximum absolute atomic E-state index is 12.7. The van der Waals surface area contributed by atoms with Gasteiger partial charge in [-0.3, -0.25) is 4.79 Å².